The molecule has 1 saturated heterocycles. The Labute approximate surface area is 147 Å². The van der Waals surface area contributed by atoms with Crippen LogP contribution in [0.4, 0.5) is 0 Å². The number of halogens is 1. The fourth-order valence-corrected chi connectivity index (χ4v) is 4.34. The molecule has 4 rings (SSSR count). The Balaban J connectivity index is 1.61. The topological polar surface area (TPSA) is 46.3 Å². The molecule has 4 heteroatoms. The Kier molecular flexibility index (Phi) is 4.07. The van der Waals surface area contributed by atoms with Gasteiger partial charge in [-0.25, -0.2) is 0 Å². The van der Waals surface area contributed by atoms with E-state index in [2.05, 4.69) is 0 Å². The lowest BCUT2D eigenvalue weighted by Crippen LogP contribution is -2.33. The summed E-state index contributed by atoms with van der Waals surface area (Å²) >= 11 is 6.33. The molecule has 124 valence electrons. The largest absolute Gasteiger partial charge is 0.338 e. The van der Waals surface area contributed by atoms with Crippen LogP contribution in [0.2, 0.25) is 5.02 Å². The molecule has 1 aliphatic heterocycles. The highest BCUT2D eigenvalue weighted by Crippen LogP contribution is 2.38. The van der Waals surface area contributed by atoms with Crippen LogP contribution >= 0.6 is 11.6 Å². The SMILES string of the molecule is NC1CCC2CN(C(=O)c3cc(-c4ccccc4)ccc3Cl)CC12. The van der Waals surface area contributed by atoms with Crippen LogP contribution < -0.4 is 5.73 Å². The van der Waals surface area contributed by atoms with Crippen LogP contribution in [0, 0.1) is 11.8 Å². The van der Waals surface area contributed by atoms with E-state index in [4.69, 9.17) is 17.3 Å². The van der Waals surface area contributed by atoms with Crippen molar-refractivity contribution in [1.82, 2.24) is 4.90 Å². The van der Waals surface area contributed by atoms with Gasteiger partial charge in [-0.1, -0.05) is 48.0 Å². The molecule has 2 fully saturated rings. The molecule has 1 heterocycles. The summed E-state index contributed by atoms with van der Waals surface area (Å²) in [5.74, 6) is 1.03. The number of benzene rings is 2. The first kappa shape index (κ1) is 15.7. The van der Waals surface area contributed by atoms with Crippen molar-refractivity contribution in [2.45, 2.75) is 18.9 Å². The van der Waals surface area contributed by atoms with Crippen LogP contribution in [0.5, 0.6) is 0 Å². The number of hydrogen-bond donors (Lipinski definition) is 1. The van der Waals surface area contributed by atoms with E-state index < -0.39 is 0 Å². The Morgan fingerprint density at radius 2 is 1.83 bits per heavy atom. The first-order valence-electron chi connectivity index (χ1n) is 8.53. The average Bonchev–Trinajstić information content (AvgIpc) is 3.18. The standard InChI is InChI=1S/C20H21ClN2O/c21-18-8-6-14(13-4-2-1-3-5-13)10-16(18)20(24)23-11-15-7-9-19(22)17(15)12-23/h1-6,8,10,15,17,19H,7,9,11-12,22H2. The highest BCUT2D eigenvalue weighted by Gasteiger charge is 2.42. The minimum atomic E-state index is 0.0272. The number of likely N-dealkylation sites (tertiary alicyclic amines) is 1. The van der Waals surface area contributed by atoms with E-state index in [1.54, 1.807) is 0 Å². The van der Waals surface area contributed by atoms with Crippen molar-refractivity contribution in [3.8, 4) is 11.1 Å². The molecule has 0 spiro atoms. The zero-order chi connectivity index (χ0) is 16.7. The van der Waals surface area contributed by atoms with Crippen LogP contribution in [0.25, 0.3) is 11.1 Å². The number of nitrogens with zero attached hydrogens (tertiary/aromatic N) is 1. The fraction of sp³-hybridized carbons (Fsp3) is 0.350. The van der Waals surface area contributed by atoms with Crippen molar-refractivity contribution in [2.75, 3.05) is 13.1 Å². The Morgan fingerprint density at radius 1 is 1.04 bits per heavy atom. The molecular weight excluding hydrogens is 320 g/mol. The van der Waals surface area contributed by atoms with E-state index in [-0.39, 0.29) is 11.9 Å². The molecule has 2 aromatic rings. The van der Waals surface area contributed by atoms with Crippen LogP contribution in [0.15, 0.2) is 48.5 Å². The Morgan fingerprint density at radius 3 is 2.58 bits per heavy atom. The normalized spacial score (nSPS) is 25.8. The van der Waals surface area contributed by atoms with E-state index in [1.165, 1.54) is 0 Å². The molecule has 0 radical (unpaired) electrons. The predicted octanol–water partition coefficient (Wildman–Crippen LogP) is 3.82. The fourth-order valence-electron chi connectivity index (χ4n) is 4.14. The molecule has 3 unspecified atom stereocenters. The van der Waals surface area contributed by atoms with Gasteiger partial charge in [-0.2, -0.15) is 0 Å². The molecule has 0 bridgehead atoms. The number of carbonyl (C=O) groups excluding carboxylic acids is 1. The molecule has 2 N–H and O–H groups in total. The third kappa shape index (κ3) is 2.72. The molecule has 1 aliphatic carbocycles. The average molecular weight is 341 g/mol. The third-order valence-corrected chi connectivity index (χ3v) is 5.83. The van der Waals surface area contributed by atoms with Crippen molar-refractivity contribution in [2.24, 2.45) is 17.6 Å². The minimum absolute atomic E-state index is 0.0272. The van der Waals surface area contributed by atoms with Gasteiger partial charge in [0.2, 0.25) is 0 Å². The lowest BCUT2D eigenvalue weighted by molar-refractivity contribution is 0.0780. The van der Waals surface area contributed by atoms with E-state index in [9.17, 15) is 4.79 Å². The Hall–Kier alpha value is -1.84. The molecule has 0 aromatic heterocycles. The monoisotopic (exact) mass is 340 g/mol. The quantitative estimate of drug-likeness (QED) is 0.903. The molecule has 1 amide bonds. The second-order valence-electron chi connectivity index (χ2n) is 6.94. The molecule has 1 saturated carbocycles. The van der Waals surface area contributed by atoms with Crippen molar-refractivity contribution < 1.29 is 4.79 Å². The highest BCUT2D eigenvalue weighted by molar-refractivity contribution is 6.34. The molecule has 3 atom stereocenters. The summed E-state index contributed by atoms with van der Waals surface area (Å²) in [5.41, 5.74) is 8.88. The Bertz CT molecular complexity index is 761. The lowest BCUT2D eigenvalue weighted by atomic mass is 9.98. The zero-order valence-corrected chi connectivity index (χ0v) is 14.2. The van der Waals surface area contributed by atoms with E-state index in [0.717, 1.165) is 37.1 Å². The molecule has 3 nitrogen and oxygen atoms in total. The summed E-state index contributed by atoms with van der Waals surface area (Å²) in [6, 6.07) is 16.0. The van der Waals surface area contributed by atoms with Gasteiger partial charge in [0.15, 0.2) is 0 Å². The highest BCUT2D eigenvalue weighted by atomic mass is 35.5. The zero-order valence-electron chi connectivity index (χ0n) is 13.5. The van der Waals surface area contributed by atoms with Crippen molar-refractivity contribution >= 4 is 17.5 Å². The second kappa shape index (κ2) is 6.23. The summed E-state index contributed by atoms with van der Waals surface area (Å²) in [7, 11) is 0. The summed E-state index contributed by atoms with van der Waals surface area (Å²) in [4.78, 5) is 14.9. The number of amides is 1. The smallest absolute Gasteiger partial charge is 0.255 e. The maximum atomic E-state index is 13.0. The van der Waals surface area contributed by atoms with Crippen molar-refractivity contribution in [3.05, 3.63) is 59.1 Å². The van der Waals surface area contributed by atoms with Gasteiger partial charge in [-0.15, -0.1) is 0 Å². The maximum absolute atomic E-state index is 13.0. The summed E-state index contributed by atoms with van der Waals surface area (Å²) < 4.78 is 0. The van der Waals surface area contributed by atoms with Crippen LogP contribution in [0.1, 0.15) is 23.2 Å². The summed E-state index contributed by atoms with van der Waals surface area (Å²) in [5, 5.41) is 0.515. The number of rotatable bonds is 2. The molecule has 24 heavy (non-hydrogen) atoms. The van der Waals surface area contributed by atoms with Gasteiger partial charge < -0.3 is 10.6 Å². The van der Waals surface area contributed by atoms with Gasteiger partial charge in [0, 0.05) is 19.1 Å². The molecule has 2 aliphatic rings. The van der Waals surface area contributed by atoms with Crippen LogP contribution in [-0.4, -0.2) is 29.9 Å². The summed E-state index contributed by atoms with van der Waals surface area (Å²) in [6.07, 6.45) is 2.22. The summed E-state index contributed by atoms with van der Waals surface area (Å²) in [6.45, 7) is 1.57. The lowest BCUT2D eigenvalue weighted by Gasteiger charge is -2.20. The van der Waals surface area contributed by atoms with Gasteiger partial charge in [-0.3, -0.25) is 4.79 Å². The van der Waals surface area contributed by atoms with Gasteiger partial charge in [0.05, 0.1) is 10.6 Å². The van der Waals surface area contributed by atoms with E-state index in [1.807, 2.05) is 53.4 Å². The van der Waals surface area contributed by atoms with Gasteiger partial charge in [0.25, 0.3) is 5.91 Å². The van der Waals surface area contributed by atoms with Gasteiger partial charge in [0.1, 0.15) is 0 Å². The predicted molar refractivity (Wildman–Crippen MR) is 97.0 cm³/mol. The van der Waals surface area contributed by atoms with E-state index >= 15 is 0 Å². The first-order chi connectivity index (χ1) is 11.6. The van der Waals surface area contributed by atoms with Crippen LogP contribution in [0.3, 0.4) is 0 Å². The van der Waals surface area contributed by atoms with Crippen LogP contribution in [-0.2, 0) is 0 Å². The van der Waals surface area contributed by atoms with Crippen molar-refractivity contribution in [3.63, 3.8) is 0 Å². The number of hydrogen-bond acceptors (Lipinski definition) is 2. The molecule has 2 aromatic carbocycles. The number of fused-ring (bicyclic) bond motifs is 1. The van der Waals surface area contributed by atoms with Gasteiger partial charge >= 0.3 is 0 Å². The number of carbonyl (C=O) groups is 1. The molecular formula is C20H21ClN2O. The van der Waals surface area contributed by atoms with Crippen molar-refractivity contribution in [1.29, 1.82) is 0 Å². The second-order valence-corrected chi connectivity index (χ2v) is 7.34. The maximum Gasteiger partial charge on any atom is 0.255 e. The van der Waals surface area contributed by atoms with Gasteiger partial charge in [-0.05, 0) is 47.9 Å². The van der Waals surface area contributed by atoms with E-state index in [0.29, 0.717) is 22.4 Å². The first-order valence-corrected chi connectivity index (χ1v) is 8.91. The number of nitrogens with two attached hydrogens (primary N) is 1. The minimum Gasteiger partial charge on any atom is -0.338 e. The third-order valence-electron chi connectivity index (χ3n) is 5.50.